The average molecular weight is 355 g/mol. The molecular formula is C16H25N3O4S. The lowest BCUT2D eigenvalue weighted by Gasteiger charge is -2.26. The van der Waals surface area contributed by atoms with Crippen molar-refractivity contribution >= 4 is 15.9 Å². The van der Waals surface area contributed by atoms with E-state index < -0.39 is 16.1 Å². The Kier molecular flexibility index (Phi) is 6.73. The van der Waals surface area contributed by atoms with Crippen LogP contribution in [0.15, 0.2) is 29.2 Å². The summed E-state index contributed by atoms with van der Waals surface area (Å²) >= 11 is 0. The summed E-state index contributed by atoms with van der Waals surface area (Å²) in [6.07, 6.45) is 0. The molecule has 1 aliphatic rings. The van der Waals surface area contributed by atoms with E-state index in [9.17, 15) is 13.2 Å². The number of hydrogen-bond donors (Lipinski definition) is 2. The molecule has 1 heterocycles. The standard InChI is InChI=1S/C16H25N3O4S/c1-13-3-5-15(6-4-13)24(21,22)18-14(2)16(20)17-7-8-19-9-11-23-12-10-19/h3-6,14,18H,7-12H2,1-2H3,(H,17,20)/t14-/m0/s1. The maximum absolute atomic E-state index is 12.3. The predicted octanol–water partition coefficient (Wildman–Crippen LogP) is 0.110. The van der Waals surface area contributed by atoms with Gasteiger partial charge in [-0.25, -0.2) is 8.42 Å². The van der Waals surface area contributed by atoms with Crippen molar-refractivity contribution in [1.29, 1.82) is 0 Å². The fourth-order valence-corrected chi connectivity index (χ4v) is 3.59. The zero-order valence-corrected chi connectivity index (χ0v) is 14.9. The molecule has 1 aromatic rings. The van der Waals surface area contributed by atoms with Crippen molar-refractivity contribution in [2.75, 3.05) is 39.4 Å². The number of morpholine rings is 1. The number of nitrogens with zero attached hydrogens (tertiary/aromatic N) is 1. The number of ether oxygens (including phenoxy) is 1. The zero-order chi connectivity index (χ0) is 17.6. The minimum atomic E-state index is -3.70. The van der Waals surface area contributed by atoms with Crippen LogP contribution in [0.2, 0.25) is 0 Å². The fourth-order valence-electron chi connectivity index (χ4n) is 2.39. The molecule has 1 saturated heterocycles. The van der Waals surface area contributed by atoms with Crippen LogP contribution < -0.4 is 10.0 Å². The summed E-state index contributed by atoms with van der Waals surface area (Å²) in [7, 11) is -3.70. The molecule has 0 saturated carbocycles. The van der Waals surface area contributed by atoms with Gasteiger partial charge >= 0.3 is 0 Å². The SMILES string of the molecule is Cc1ccc(S(=O)(=O)N[C@@H](C)C(=O)NCCN2CCOCC2)cc1. The number of benzene rings is 1. The summed E-state index contributed by atoms with van der Waals surface area (Å²) in [5, 5.41) is 2.76. The molecule has 0 unspecified atom stereocenters. The van der Waals surface area contributed by atoms with E-state index in [0.29, 0.717) is 19.8 Å². The molecule has 24 heavy (non-hydrogen) atoms. The summed E-state index contributed by atoms with van der Waals surface area (Å²) in [5.41, 5.74) is 0.975. The first-order valence-corrected chi connectivity index (χ1v) is 9.53. The highest BCUT2D eigenvalue weighted by molar-refractivity contribution is 7.89. The van der Waals surface area contributed by atoms with Crippen molar-refractivity contribution in [3.63, 3.8) is 0 Å². The van der Waals surface area contributed by atoms with E-state index in [4.69, 9.17) is 4.74 Å². The van der Waals surface area contributed by atoms with E-state index in [1.807, 2.05) is 6.92 Å². The largest absolute Gasteiger partial charge is 0.379 e. The number of carbonyl (C=O) groups is 1. The van der Waals surface area contributed by atoms with Crippen molar-refractivity contribution in [3.05, 3.63) is 29.8 Å². The molecule has 1 atom stereocenters. The summed E-state index contributed by atoms with van der Waals surface area (Å²) < 4.78 is 32.2. The van der Waals surface area contributed by atoms with Crippen LogP contribution in [0.1, 0.15) is 12.5 Å². The monoisotopic (exact) mass is 355 g/mol. The molecule has 134 valence electrons. The summed E-state index contributed by atoms with van der Waals surface area (Å²) in [6.45, 7) is 7.75. The maximum Gasteiger partial charge on any atom is 0.241 e. The van der Waals surface area contributed by atoms with Crippen LogP contribution in [-0.2, 0) is 19.6 Å². The molecule has 0 radical (unpaired) electrons. The third kappa shape index (κ3) is 5.55. The first kappa shape index (κ1) is 18.9. The van der Waals surface area contributed by atoms with E-state index in [1.165, 1.54) is 19.1 Å². The van der Waals surface area contributed by atoms with Gasteiger partial charge in [-0.2, -0.15) is 4.72 Å². The number of sulfonamides is 1. The van der Waals surface area contributed by atoms with Crippen molar-refractivity contribution < 1.29 is 17.9 Å². The zero-order valence-electron chi connectivity index (χ0n) is 14.1. The van der Waals surface area contributed by atoms with E-state index in [-0.39, 0.29) is 10.8 Å². The van der Waals surface area contributed by atoms with Gasteiger partial charge in [-0.15, -0.1) is 0 Å². The van der Waals surface area contributed by atoms with Gasteiger partial charge in [-0.3, -0.25) is 9.69 Å². The third-order valence-corrected chi connectivity index (χ3v) is 5.44. The number of aryl methyl sites for hydroxylation is 1. The smallest absolute Gasteiger partial charge is 0.241 e. The van der Waals surface area contributed by atoms with Gasteiger partial charge in [-0.05, 0) is 26.0 Å². The topological polar surface area (TPSA) is 87.7 Å². The van der Waals surface area contributed by atoms with E-state index >= 15 is 0 Å². The molecule has 0 bridgehead atoms. The minimum absolute atomic E-state index is 0.154. The third-order valence-electron chi connectivity index (χ3n) is 3.89. The Hall–Kier alpha value is -1.48. The highest BCUT2D eigenvalue weighted by atomic mass is 32.2. The van der Waals surface area contributed by atoms with Gasteiger partial charge in [-0.1, -0.05) is 17.7 Å². The van der Waals surface area contributed by atoms with E-state index in [0.717, 1.165) is 25.2 Å². The normalized spacial score (nSPS) is 17.4. The summed E-state index contributed by atoms with van der Waals surface area (Å²) in [5.74, 6) is -0.334. The van der Waals surface area contributed by atoms with Crippen LogP contribution in [0.3, 0.4) is 0 Å². The van der Waals surface area contributed by atoms with Crippen molar-refractivity contribution in [2.45, 2.75) is 24.8 Å². The Bertz CT molecular complexity index is 640. The Morgan fingerprint density at radius 3 is 2.50 bits per heavy atom. The molecule has 0 aromatic heterocycles. The van der Waals surface area contributed by atoms with Gasteiger partial charge in [0.05, 0.1) is 24.2 Å². The van der Waals surface area contributed by atoms with E-state index in [2.05, 4.69) is 14.9 Å². The quantitative estimate of drug-likeness (QED) is 0.725. The van der Waals surface area contributed by atoms with Gasteiger partial charge in [0.25, 0.3) is 0 Å². The molecule has 2 rings (SSSR count). The number of hydrogen-bond acceptors (Lipinski definition) is 5. The van der Waals surface area contributed by atoms with E-state index in [1.54, 1.807) is 12.1 Å². The summed E-state index contributed by atoms with van der Waals surface area (Å²) in [6, 6.07) is 5.67. The van der Waals surface area contributed by atoms with Crippen LogP contribution in [0.25, 0.3) is 0 Å². The first-order valence-electron chi connectivity index (χ1n) is 8.05. The van der Waals surface area contributed by atoms with Gasteiger partial charge in [0, 0.05) is 26.2 Å². The number of rotatable bonds is 7. The lowest BCUT2D eigenvalue weighted by atomic mass is 10.2. The van der Waals surface area contributed by atoms with Crippen molar-refractivity contribution in [3.8, 4) is 0 Å². The molecule has 2 N–H and O–H groups in total. The molecule has 1 fully saturated rings. The number of amides is 1. The molecule has 1 aliphatic heterocycles. The Morgan fingerprint density at radius 1 is 1.25 bits per heavy atom. The first-order chi connectivity index (χ1) is 11.4. The van der Waals surface area contributed by atoms with Crippen LogP contribution in [0, 0.1) is 6.92 Å². The van der Waals surface area contributed by atoms with Crippen LogP contribution in [0.4, 0.5) is 0 Å². The average Bonchev–Trinajstić information content (AvgIpc) is 2.55. The second kappa shape index (κ2) is 8.57. The van der Waals surface area contributed by atoms with Crippen molar-refractivity contribution in [2.24, 2.45) is 0 Å². The molecule has 1 amide bonds. The van der Waals surface area contributed by atoms with Crippen LogP contribution in [0.5, 0.6) is 0 Å². The molecule has 7 nitrogen and oxygen atoms in total. The fraction of sp³-hybridized carbons (Fsp3) is 0.562. The lowest BCUT2D eigenvalue weighted by Crippen LogP contribution is -2.47. The molecule has 1 aromatic carbocycles. The number of carbonyl (C=O) groups excluding carboxylic acids is 1. The van der Waals surface area contributed by atoms with Gasteiger partial charge < -0.3 is 10.1 Å². The van der Waals surface area contributed by atoms with Crippen LogP contribution >= 0.6 is 0 Å². The Balaban J connectivity index is 1.80. The Morgan fingerprint density at radius 2 is 1.88 bits per heavy atom. The Labute approximate surface area is 143 Å². The molecule has 0 spiro atoms. The lowest BCUT2D eigenvalue weighted by molar-refractivity contribution is -0.122. The van der Waals surface area contributed by atoms with Crippen LogP contribution in [-0.4, -0.2) is 64.7 Å². The van der Waals surface area contributed by atoms with Gasteiger partial charge in [0.1, 0.15) is 0 Å². The highest BCUT2D eigenvalue weighted by Crippen LogP contribution is 2.10. The highest BCUT2D eigenvalue weighted by Gasteiger charge is 2.22. The molecule has 0 aliphatic carbocycles. The second-order valence-electron chi connectivity index (χ2n) is 5.90. The van der Waals surface area contributed by atoms with Gasteiger partial charge in [0.2, 0.25) is 15.9 Å². The maximum atomic E-state index is 12.3. The van der Waals surface area contributed by atoms with Crippen molar-refractivity contribution in [1.82, 2.24) is 14.9 Å². The molecule has 8 heteroatoms. The minimum Gasteiger partial charge on any atom is -0.379 e. The predicted molar refractivity (Wildman–Crippen MR) is 91.2 cm³/mol. The van der Waals surface area contributed by atoms with Gasteiger partial charge in [0.15, 0.2) is 0 Å². The second-order valence-corrected chi connectivity index (χ2v) is 7.62. The number of nitrogens with one attached hydrogen (secondary N) is 2. The molecular weight excluding hydrogens is 330 g/mol. The summed E-state index contributed by atoms with van der Waals surface area (Å²) in [4.78, 5) is 14.4.